The highest BCUT2D eigenvalue weighted by molar-refractivity contribution is 9.10. The number of methoxy groups -OCH3 is 1. The first-order chi connectivity index (χ1) is 9.93. The van der Waals surface area contributed by atoms with Crippen LogP contribution in [0.1, 0.15) is 0 Å². The van der Waals surface area contributed by atoms with Crippen LogP contribution in [0.5, 0.6) is 17.2 Å². The van der Waals surface area contributed by atoms with Gasteiger partial charge in [-0.05, 0) is 24.3 Å². The summed E-state index contributed by atoms with van der Waals surface area (Å²) in [6.45, 7) is 0. The molecule has 0 fully saturated rings. The molecule has 0 aliphatic rings. The number of hydrogen-bond donors (Lipinski definition) is 0. The standard InChI is InChI=1S/C13H8BrF2NO4/c1-20-9-3-2-4-10(13(9)17(18)19)21-11-6-7(14)5-8(15)12(11)16/h2-6H,1H3. The van der Waals surface area contributed by atoms with Gasteiger partial charge in [0.05, 0.1) is 12.0 Å². The van der Waals surface area contributed by atoms with Gasteiger partial charge in [0.2, 0.25) is 17.3 Å². The maximum atomic E-state index is 13.7. The summed E-state index contributed by atoms with van der Waals surface area (Å²) in [5.41, 5.74) is -0.472. The first-order valence-electron chi connectivity index (χ1n) is 5.58. The number of nitro groups is 1. The molecule has 8 heteroatoms. The van der Waals surface area contributed by atoms with Crippen molar-refractivity contribution in [2.75, 3.05) is 7.11 Å². The van der Waals surface area contributed by atoms with Crippen molar-refractivity contribution in [1.29, 1.82) is 0 Å². The zero-order chi connectivity index (χ0) is 15.6. The average Bonchev–Trinajstić information content (AvgIpc) is 2.43. The van der Waals surface area contributed by atoms with Crippen molar-refractivity contribution in [3.05, 3.63) is 56.6 Å². The number of ether oxygens (including phenoxy) is 2. The third-order valence-corrected chi connectivity index (χ3v) is 3.00. The smallest absolute Gasteiger partial charge is 0.352 e. The van der Waals surface area contributed by atoms with E-state index in [-0.39, 0.29) is 16.0 Å². The van der Waals surface area contributed by atoms with Crippen LogP contribution in [-0.4, -0.2) is 12.0 Å². The molecule has 0 atom stereocenters. The highest BCUT2D eigenvalue weighted by Crippen LogP contribution is 2.40. The molecule has 0 aromatic heterocycles. The van der Waals surface area contributed by atoms with E-state index in [1.807, 2.05) is 0 Å². The number of nitro benzene ring substituents is 1. The minimum Gasteiger partial charge on any atom is -0.490 e. The lowest BCUT2D eigenvalue weighted by atomic mass is 10.2. The Morgan fingerprint density at radius 3 is 2.48 bits per heavy atom. The van der Waals surface area contributed by atoms with E-state index >= 15 is 0 Å². The first-order valence-corrected chi connectivity index (χ1v) is 6.37. The fraction of sp³-hybridized carbons (Fsp3) is 0.0769. The van der Waals surface area contributed by atoms with Gasteiger partial charge in [0.1, 0.15) is 0 Å². The van der Waals surface area contributed by atoms with Crippen LogP contribution in [0.4, 0.5) is 14.5 Å². The fourth-order valence-electron chi connectivity index (χ4n) is 1.65. The SMILES string of the molecule is COc1cccc(Oc2cc(Br)cc(F)c2F)c1[N+](=O)[O-]. The zero-order valence-electron chi connectivity index (χ0n) is 10.6. The molecule has 110 valence electrons. The number of hydrogen-bond acceptors (Lipinski definition) is 4. The molecule has 0 saturated carbocycles. The molecule has 0 spiro atoms. The minimum atomic E-state index is -1.24. The summed E-state index contributed by atoms with van der Waals surface area (Å²) in [5.74, 6) is -3.15. The predicted octanol–water partition coefficient (Wildman–Crippen LogP) is 4.44. The molecular formula is C13H8BrF2NO4. The van der Waals surface area contributed by atoms with E-state index in [0.29, 0.717) is 0 Å². The summed E-state index contributed by atoms with van der Waals surface area (Å²) in [5, 5.41) is 11.1. The van der Waals surface area contributed by atoms with Crippen molar-refractivity contribution < 1.29 is 23.2 Å². The van der Waals surface area contributed by atoms with Crippen molar-refractivity contribution in [2.24, 2.45) is 0 Å². The van der Waals surface area contributed by atoms with Crippen LogP contribution in [0.15, 0.2) is 34.8 Å². The summed E-state index contributed by atoms with van der Waals surface area (Å²) < 4.78 is 37.2. The molecule has 0 bridgehead atoms. The van der Waals surface area contributed by atoms with Gasteiger partial charge >= 0.3 is 5.69 Å². The Balaban J connectivity index is 2.52. The average molecular weight is 360 g/mol. The molecule has 0 N–H and O–H groups in total. The molecule has 0 unspecified atom stereocenters. The molecule has 0 radical (unpaired) electrons. The van der Waals surface area contributed by atoms with Crippen LogP contribution in [0, 0.1) is 21.7 Å². The molecule has 2 rings (SSSR count). The number of para-hydroxylation sites is 1. The van der Waals surface area contributed by atoms with E-state index in [4.69, 9.17) is 9.47 Å². The van der Waals surface area contributed by atoms with Crippen molar-refractivity contribution in [3.8, 4) is 17.2 Å². The lowest BCUT2D eigenvalue weighted by molar-refractivity contribution is -0.386. The molecule has 2 aromatic rings. The topological polar surface area (TPSA) is 61.6 Å². The predicted molar refractivity (Wildman–Crippen MR) is 73.8 cm³/mol. The minimum absolute atomic E-state index is 0.0478. The van der Waals surface area contributed by atoms with Crippen LogP contribution < -0.4 is 9.47 Å². The number of halogens is 3. The maximum Gasteiger partial charge on any atom is 0.352 e. The van der Waals surface area contributed by atoms with Crippen molar-refractivity contribution >= 4 is 21.6 Å². The molecule has 21 heavy (non-hydrogen) atoms. The van der Waals surface area contributed by atoms with Gasteiger partial charge in [0.25, 0.3) is 0 Å². The lowest BCUT2D eigenvalue weighted by Crippen LogP contribution is -1.99. The number of rotatable bonds is 4. The summed E-state index contributed by atoms with van der Waals surface area (Å²) in [6, 6.07) is 6.15. The fourth-order valence-corrected chi connectivity index (χ4v) is 2.06. The Bertz CT molecular complexity index is 709. The van der Waals surface area contributed by atoms with Gasteiger partial charge in [-0.1, -0.05) is 22.0 Å². The molecule has 0 saturated heterocycles. The Morgan fingerprint density at radius 2 is 1.86 bits per heavy atom. The molecule has 0 heterocycles. The van der Waals surface area contributed by atoms with E-state index in [0.717, 1.165) is 6.07 Å². The van der Waals surface area contributed by atoms with Gasteiger partial charge in [-0.25, -0.2) is 4.39 Å². The van der Waals surface area contributed by atoms with Crippen molar-refractivity contribution in [1.82, 2.24) is 0 Å². The Labute approximate surface area is 126 Å². The van der Waals surface area contributed by atoms with E-state index in [2.05, 4.69) is 15.9 Å². The van der Waals surface area contributed by atoms with Crippen LogP contribution in [0.2, 0.25) is 0 Å². The molecule has 5 nitrogen and oxygen atoms in total. The first kappa shape index (κ1) is 15.2. The van der Waals surface area contributed by atoms with Gasteiger partial charge in [-0.2, -0.15) is 4.39 Å². The maximum absolute atomic E-state index is 13.7. The molecule has 2 aromatic carbocycles. The van der Waals surface area contributed by atoms with Crippen LogP contribution in [0.3, 0.4) is 0 Å². The monoisotopic (exact) mass is 359 g/mol. The molecular weight excluding hydrogens is 352 g/mol. The summed E-state index contributed by atoms with van der Waals surface area (Å²) in [4.78, 5) is 10.4. The van der Waals surface area contributed by atoms with Gasteiger partial charge in [-0.15, -0.1) is 0 Å². The third-order valence-electron chi connectivity index (χ3n) is 2.54. The second kappa shape index (κ2) is 6.04. The molecule has 0 aliphatic heterocycles. The van der Waals surface area contributed by atoms with Crippen molar-refractivity contribution in [3.63, 3.8) is 0 Å². The van der Waals surface area contributed by atoms with Crippen LogP contribution in [0.25, 0.3) is 0 Å². The van der Waals surface area contributed by atoms with Crippen molar-refractivity contribution in [2.45, 2.75) is 0 Å². The second-order valence-corrected chi connectivity index (χ2v) is 4.78. The van der Waals surface area contributed by atoms with E-state index < -0.39 is 28.0 Å². The third kappa shape index (κ3) is 3.10. The van der Waals surface area contributed by atoms with Gasteiger partial charge in [0, 0.05) is 4.47 Å². The van der Waals surface area contributed by atoms with Crippen LogP contribution >= 0.6 is 15.9 Å². The van der Waals surface area contributed by atoms with Gasteiger partial charge in [0.15, 0.2) is 11.6 Å². The highest BCUT2D eigenvalue weighted by Gasteiger charge is 2.24. The summed E-state index contributed by atoms with van der Waals surface area (Å²) >= 11 is 2.99. The van der Waals surface area contributed by atoms with Gasteiger partial charge < -0.3 is 9.47 Å². The number of nitrogens with zero attached hydrogens (tertiary/aromatic N) is 1. The molecule has 0 amide bonds. The summed E-state index contributed by atoms with van der Waals surface area (Å²) in [6.07, 6.45) is 0. The second-order valence-electron chi connectivity index (χ2n) is 3.87. The Hall–Kier alpha value is -2.22. The van der Waals surface area contributed by atoms with E-state index in [9.17, 15) is 18.9 Å². The highest BCUT2D eigenvalue weighted by atomic mass is 79.9. The Morgan fingerprint density at radius 1 is 1.19 bits per heavy atom. The van der Waals surface area contributed by atoms with Gasteiger partial charge in [-0.3, -0.25) is 10.1 Å². The Kier molecular flexibility index (Phi) is 4.37. The largest absolute Gasteiger partial charge is 0.490 e. The zero-order valence-corrected chi connectivity index (χ0v) is 12.2. The normalized spacial score (nSPS) is 10.3. The van der Waals surface area contributed by atoms with E-state index in [1.165, 1.54) is 31.4 Å². The quantitative estimate of drug-likeness (QED) is 0.460. The van der Waals surface area contributed by atoms with E-state index in [1.54, 1.807) is 0 Å². The summed E-state index contributed by atoms with van der Waals surface area (Å²) in [7, 11) is 1.26. The lowest BCUT2D eigenvalue weighted by Gasteiger charge is -2.10. The molecule has 0 aliphatic carbocycles. The number of benzene rings is 2. The van der Waals surface area contributed by atoms with Crippen LogP contribution in [-0.2, 0) is 0 Å².